The molecule has 7 nitrogen and oxygen atoms in total. The van der Waals surface area contributed by atoms with E-state index in [2.05, 4.69) is 26.8 Å². The van der Waals surface area contributed by atoms with Crippen molar-refractivity contribution in [3.8, 4) is 0 Å². The number of nitrogens with zero attached hydrogens (tertiary/aromatic N) is 6. The average Bonchev–Trinajstić information content (AvgIpc) is 2.74. The number of fused-ring (bicyclic) bond motifs is 1. The molecule has 1 fully saturated rings. The Bertz CT molecular complexity index is 837. The lowest BCUT2D eigenvalue weighted by Crippen LogP contribution is -2.38. The molecule has 0 aromatic carbocycles. The van der Waals surface area contributed by atoms with Crippen molar-refractivity contribution >= 4 is 5.91 Å². The van der Waals surface area contributed by atoms with Crippen molar-refractivity contribution in [1.82, 2.24) is 29.7 Å². The molecule has 0 unspecified atom stereocenters. The van der Waals surface area contributed by atoms with Crippen LogP contribution in [0, 0.1) is 0 Å². The van der Waals surface area contributed by atoms with E-state index in [1.165, 1.54) is 5.56 Å². The number of carbonyl (C=O) groups excluding carboxylic acids is 1. The van der Waals surface area contributed by atoms with Crippen LogP contribution in [-0.4, -0.2) is 48.7 Å². The lowest BCUT2D eigenvalue weighted by Gasteiger charge is -2.35. The Kier molecular flexibility index (Phi) is 5.62. The van der Waals surface area contributed by atoms with Crippen LogP contribution in [-0.2, 0) is 30.7 Å². The summed E-state index contributed by atoms with van der Waals surface area (Å²) in [5.74, 6) is 1.81. The van der Waals surface area contributed by atoms with Crippen molar-refractivity contribution in [2.45, 2.75) is 65.1 Å². The van der Waals surface area contributed by atoms with Gasteiger partial charge in [-0.25, -0.2) is 19.9 Å². The Morgan fingerprint density at radius 2 is 1.96 bits per heavy atom. The van der Waals surface area contributed by atoms with Crippen LogP contribution in [0.3, 0.4) is 0 Å². The van der Waals surface area contributed by atoms with Crippen LogP contribution in [0.5, 0.6) is 0 Å². The van der Waals surface area contributed by atoms with Gasteiger partial charge in [-0.3, -0.25) is 9.69 Å². The minimum Gasteiger partial charge on any atom is -0.333 e. The maximum absolute atomic E-state index is 12.0. The molecule has 1 atom stereocenters. The van der Waals surface area contributed by atoms with Crippen molar-refractivity contribution in [1.29, 1.82) is 0 Å². The molecular formula is C21H28N6O. The van der Waals surface area contributed by atoms with Gasteiger partial charge in [-0.1, -0.05) is 6.92 Å². The van der Waals surface area contributed by atoms with Crippen LogP contribution in [0.2, 0.25) is 0 Å². The van der Waals surface area contributed by atoms with E-state index >= 15 is 0 Å². The number of hydrogen-bond acceptors (Lipinski definition) is 6. The number of likely N-dealkylation sites (tertiary alicyclic amines) is 1. The summed E-state index contributed by atoms with van der Waals surface area (Å²) in [6.45, 7) is 7.16. The SMILES string of the molecule is CCc1ncc(CN2CCc3nc([C@@H]4CCCCN4C(C)=O)ncc3C2)cn1. The second-order valence-electron chi connectivity index (χ2n) is 7.75. The van der Waals surface area contributed by atoms with Gasteiger partial charge < -0.3 is 4.90 Å². The zero-order valence-corrected chi connectivity index (χ0v) is 16.8. The molecule has 0 N–H and O–H groups in total. The molecule has 0 saturated carbocycles. The highest BCUT2D eigenvalue weighted by atomic mass is 16.2. The number of carbonyl (C=O) groups is 1. The molecule has 0 aliphatic carbocycles. The molecule has 1 amide bonds. The molecule has 7 heteroatoms. The van der Waals surface area contributed by atoms with E-state index in [4.69, 9.17) is 4.98 Å². The Morgan fingerprint density at radius 3 is 2.71 bits per heavy atom. The third-order valence-electron chi connectivity index (χ3n) is 5.72. The van der Waals surface area contributed by atoms with E-state index in [1.807, 2.05) is 23.5 Å². The second-order valence-corrected chi connectivity index (χ2v) is 7.75. The molecule has 2 aromatic rings. The van der Waals surface area contributed by atoms with Crippen molar-refractivity contribution in [3.63, 3.8) is 0 Å². The lowest BCUT2D eigenvalue weighted by molar-refractivity contribution is -0.132. The number of rotatable bonds is 4. The monoisotopic (exact) mass is 380 g/mol. The molecule has 0 bridgehead atoms. The minimum absolute atomic E-state index is 0.0313. The van der Waals surface area contributed by atoms with E-state index in [-0.39, 0.29) is 11.9 Å². The molecule has 2 aliphatic rings. The molecule has 0 radical (unpaired) electrons. The van der Waals surface area contributed by atoms with Crippen LogP contribution in [0.25, 0.3) is 0 Å². The first-order chi connectivity index (χ1) is 13.6. The topological polar surface area (TPSA) is 75.1 Å². The van der Waals surface area contributed by atoms with Crippen LogP contribution >= 0.6 is 0 Å². The summed E-state index contributed by atoms with van der Waals surface area (Å²) in [5, 5.41) is 0. The van der Waals surface area contributed by atoms with E-state index in [0.29, 0.717) is 0 Å². The molecule has 2 aliphatic heterocycles. The third-order valence-corrected chi connectivity index (χ3v) is 5.72. The summed E-state index contributed by atoms with van der Waals surface area (Å²) in [6.07, 6.45) is 10.7. The van der Waals surface area contributed by atoms with Crippen LogP contribution in [0.4, 0.5) is 0 Å². The van der Waals surface area contributed by atoms with Crippen LogP contribution in [0.1, 0.15) is 67.6 Å². The molecule has 4 heterocycles. The fourth-order valence-electron chi connectivity index (χ4n) is 4.17. The van der Waals surface area contributed by atoms with Crippen LogP contribution < -0.4 is 0 Å². The summed E-state index contributed by atoms with van der Waals surface area (Å²) in [4.78, 5) is 34.6. The number of aromatic nitrogens is 4. The zero-order valence-electron chi connectivity index (χ0n) is 16.8. The zero-order chi connectivity index (χ0) is 19.5. The third kappa shape index (κ3) is 4.04. The van der Waals surface area contributed by atoms with Gasteiger partial charge in [-0.2, -0.15) is 0 Å². The van der Waals surface area contributed by atoms with Gasteiger partial charge in [-0.15, -0.1) is 0 Å². The smallest absolute Gasteiger partial charge is 0.220 e. The first-order valence-electron chi connectivity index (χ1n) is 10.3. The highest BCUT2D eigenvalue weighted by Crippen LogP contribution is 2.30. The molecule has 2 aromatic heterocycles. The van der Waals surface area contributed by atoms with Gasteiger partial charge in [-0.05, 0) is 19.3 Å². The van der Waals surface area contributed by atoms with Gasteiger partial charge in [0, 0.05) is 81.4 Å². The van der Waals surface area contributed by atoms with E-state index in [0.717, 1.165) is 81.2 Å². The Balaban J connectivity index is 1.45. The fraction of sp³-hybridized carbons (Fsp3) is 0.571. The van der Waals surface area contributed by atoms with Gasteiger partial charge in [0.1, 0.15) is 5.82 Å². The number of amides is 1. The van der Waals surface area contributed by atoms with Crippen molar-refractivity contribution in [2.75, 3.05) is 13.1 Å². The maximum atomic E-state index is 12.0. The fourth-order valence-corrected chi connectivity index (χ4v) is 4.17. The van der Waals surface area contributed by atoms with Gasteiger partial charge in [0.2, 0.25) is 5.91 Å². The predicted molar refractivity (Wildman–Crippen MR) is 105 cm³/mol. The molecule has 4 rings (SSSR count). The molecule has 28 heavy (non-hydrogen) atoms. The van der Waals surface area contributed by atoms with Crippen molar-refractivity contribution in [2.24, 2.45) is 0 Å². The lowest BCUT2D eigenvalue weighted by atomic mass is 10.0. The maximum Gasteiger partial charge on any atom is 0.220 e. The van der Waals surface area contributed by atoms with E-state index in [1.54, 1.807) is 6.92 Å². The first-order valence-corrected chi connectivity index (χ1v) is 10.3. The molecule has 148 valence electrons. The summed E-state index contributed by atoms with van der Waals surface area (Å²) < 4.78 is 0. The quantitative estimate of drug-likeness (QED) is 0.811. The number of aryl methyl sites for hydroxylation is 1. The van der Waals surface area contributed by atoms with Gasteiger partial charge >= 0.3 is 0 Å². The van der Waals surface area contributed by atoms with Crippen molar-refractivity contribution in [3.05, 3.63) is 47.1 Å². The normalized spacial score (nSPS) is 20.1. The van der Waals surface area contributed by atoms with Gasteiger partial charge in [0.15, 0.2) is 5.82 Å². The number of piperidine rings is 1. The number of hydrogen-bond donors (Lipinski definition) is 0. The second kappa shape index (κ2) is 8.31. The minimum atomic E-state index is 0.0313. The summed E-state index contributed by atoms with van der Waals surface area (Å²) in [7, 11) is 0. The standard InChI is InChI=1S/C21H28N6O/c1-3-20-22-10-16(11-23-20)13-26-9-7-18-17(14-26)12-24-21(25-18)19-6-4-5-8-27(19)15(2)28/h10-12,19H,3-9,13-14H2,1-2H3/t19-/m0/s1. The Morgan fingerprint density at radius 1 is 1.14 bits per heavy atom. The summed E-state index contributed by atoms with van der Waals surface area (Å²) in [6, 6.07) is 0.0313. The predicted octanol–water partition coefficient (Wildman–Crippen LogP) is 2.46. The largest absolute Gasteiger partial charge is 0.333 e. The highest BCUT2D eigenvalue weighted by molar-refractivity contribution is 5.73. The molecular weight excluding hydrogens is 352 g/mol. The molecule has 1 saturated heterocycles. The van der Waals surface area contributed by atoms with Gasteiger partial charge in [0.25, 0.3) is 0 Å². The Labute approximate surface area is 166 Å². The highest BCUT2D eigenvalue weighted by Gasteiger charge is 2.29. The average molecular weight is 380 g/mol. The van der Waals surface area contributed by atoms with Crippen molar-refractivity contribution < 1.29 is 4.79 Å². The summed E-state index contributed by atoms with van der Waals surface area (Å²) >= 11 is 0. The van der Waals surface area contributed by atoms with E-state index < -0.39 is 0 Å². The van der Waals surface area contributed by atoms with Gasteiger partial charge in [0.05, 0.1) is 6.04 Å². The van der Waals surface area contributed by atoms with Crippen LogP contribution in [0.15, 0.2) is 18.6 Å². The molecule has 0 spiro atoms. The van der Waals surface area contributed by atoms with E-state index in [9.17, 15) is 4.79 Å². The summed E-state index contributed by atoms with van der Waals surface area (Å²) in [5.41, 5.74) is 3.46. The Hall–Kier alpha value is -2.41. The first kappa shape index (κ1) is 18.9.